The van der Waals surface area contributed by atoms with Crippen LogP contribution < -0.4 is 5.32 Å². The second-order valence-electron chi connectivity index (χ2n) is 6.55. The molecule has 7 nitrogen and oxygen atoms in total. The lowest BCUT2D eigenvalue weighted by Gasteiger charge is -2.33. The fourth-order valence-corrected chi connectivity index (χ4v) is 5.68. The van der Waals surface area contributed by atoms with Gasteiger partial charge in [0.2, 0.25) is 5.91 Å². The Balaban J connectivity index is 2.13. The Labute approximate surface area is 152 Å². The first-order valence-electron chi connectivity index (χ1n) is 8.22. The number of nitrogens with one attached hydrogen (secondary N) is 1. The van der Waals surface area contributed by atoms with Crippen LogP contribution in [0.3, 0.4) is 0 Å². The lowest BCUT2D eigenvalue weighted by Crippen LogP contribution is -2.55. The number of carboxylic acids is 1. The number of aliphatic carboxylic acids is 1. The summed E-state index contributed by atoms with van der Waals surface area (Å²) in [5.41, 5.74) is -1.34. The summed E-state index contributed by atoms with van der Waals surface area (Å²) in [6, 6.07) is 3.34. The van der Waals surface area contributed by atoms with Crippen LogP contribution in [-0.4, -0.2) is 48.3 Å². The highest BCUT2D eigenvalue weighted by Gasteiger charge is 2.38. The van der Waals surface area contributed by atoms with Gasteiger partial charge in [0.25, 0.3) is 10.0 Å². The number of thiophene rings is 1. The molecule has 2 atom stereocenters. The van der Waals surface area contributed by atoms with Gasteiger partial charge in [0.05, 0.1) is 5.92 Å². The van der Waals surface area contributed by atoms with E-state index in [0.29, 0.717) is 19.4 Å². The molecule has 1 aliphatic heterocycles. The highest BCUT2D eigenvalue weighted by molar-refractivity contribution is 7.91. The third-order valence-corrected chi connectivity index (χ3v) is 7.98. The maximum absolute atomic E-state index is 12.7. The zero-order valence-electron chi connectivity index (χ0n) is 14.6. The Hall–Kier alpha value is -1.45. The van der Waals surface area contributed by atoms with Gasteiger partial charge in [-0.05, 0) is 45.2 Å². The van der Waals surface area contributed by atoms with E-state index in [9.17, 15) is 23.1 Å². The minimum atomic E-state index is -3.62. The minimum absolute atomic E-state index is 0.0739. The van der Waals surface area contributed by atoms with Gasteiger partial charge in [-0.2, -0.15) is 4.31 Å². The maximum atomic E-state index is 12.7. The number of hydrogen-bond donors (Lipinski definition) is 2. The molecule has 0 bridgehead atoms. The predicted octanol–water partition coefficient (Wildman–Crippen LogP) is 1.83. The third-order valence-electron chi connectivity index (χ3n) is 4.64. The number of hydrogen-bond acceptors (Lipinski definition) is 5. The summed E-state index contributed by atoms with van der Waals surface area (Å²) in [4.78, 5) is 24.8. The van der Waals surface area contributed by atoms with Crippen LogP contribution in [0.15, 0.2) is 16.3 Å². The number of rotatable bonds is 6. The van der Waals surface area contributed by atoms with E-state index in [0.717, 1.165) is 4.88 Å². The zero-order chi connectivity index (χ0) is 18.8. The van der Waals surface area contributed by atoms with Crippen LogP contribution in [0.1, 0.15) is 38.0 Å². The number of nitrogens with zero attached hydrogens (tertiary/aromatic N) is 1. The molecular formula is C16H24N2O5S2. The number of carbonyl (C=O) groups is 2. The first-order chi connectivity index (χ1) is 11.6. The van der Waals surface area contributed by atoms with Crippen molar-refractivity contribution in [1.29, 1.82) is 0 Å². The average molecular weight is 389 g/mol. The predicted molar refractivity (Wildman–Crippen MR) is 95.0 cm³/mol. The number of carbonyl (C=O) groups excluding carboxylic acids is 1. The number of aryl methyl sites for hydroxylation is 1. The highest BCUT2D eigenvalue weighted by Crippen LogP contribution is 2.28. The summed E-state index contributed by atoms with van der Waals surface area (Å²) in [5.74, 6) is -2.05. The molecule has 2 rings (SSSR count). The molecule has 0 saturated carbocycles. The Kier molecular flexibility index (Phi) is 5.90. The van der Waals surface area contributed by atoms with Crippen molar-refractivity contribution in [3.05, 3.63) is 17.0 Å². The van der Waals surface area contributed by atoms with Crippen molar-refractivity contribution in [3.8, 4) is 0 Å². The molecule has 1 aromatic heterocycles. The quantitative estimate of drug-likeness (QED) is 0.774. The van der Waals surface area contributed by atoms with E-state index in [1.165, 1.54) is 22.6 Å². The van der Waals surface area contributed by atoms with Crippen LogP contribution >= 0.6 is 11.3 Å². The van der Waals surface area contributed by atoms with Crippen LogP contribution in [0.25, 0.3) is 0 Å². The Morgan fingerprint density at radius 3 is 2.64 bits per heavy atom. The van der Waals surface area contributed by atoms with E-state index >= 15 is 0 Å². The molecule has 9 heteroatoms. The molecule has 0 spiro atoms. The zero-order valence-corrected chi connectivity index (χ0v) is 16.2. The number of piperidine rings is 1. The van der Waals surface area contributed by atoms with Crippen molar-refractivity contribution in [3.63, 3.8) is 0 Å². The van der Waals surface area contributed by atoms with Gasteiger partial charge in [-0.25, -0.2) is 13.2 Å². The van der Waals surface area contributed by atoms with Gasteiger partial charge in [0.1, 0.15) is 9.75 Å². The maximum Gasteiger partial charge on any atom is 0.329 e. The van der Waals surface area contributed by atoms with Crippen LogP contribution in [0.2, 0.25) is 0 Å². The molecule has 2 heterocycles. The Bertz CT molecular complexity index is 758. The molecule has 1 fully saturated rings. The van der Waals surface area contributed by atoms with Gasteiger partial charge in [-0.15, -0.1) is 11.3 Å². The van der Waals surface area contributed by atoms with Gasteiger partial charge in [0, 0.05) is 18.0 Å². The van der Waals surface area contributed by atoms with Crippen molar-refractivity contribution in [2.24, 2.45) is 5.92 Å². The number of carboxylic acid groups (broad SMARTS) is 1. The van der Waals surface area contributed by atoms with E-state index in [-0.39, 0.29) is 17.2 Å². The summed E-state index contributed by atoms with van der Waals surface area (Å²) >= 11 is 1.21. The van der Waals surface area contributed by atoms with Crippen LogP contribution in [0.4, 0.5) is 0 Å². The SMILES string of the molecule is CCC(C)(NC(=O)C1CCCN(S(=O)(=O)c2ccc(C)s2)C1)C(=O)O. The molecule has 1 aromatic rings. The van der Waals surface area contributed by atoms with E-state index in [4.69, 9.17) is 0 Å². The molecule has 0 aliphatic carbocycles. The lowest BCUT2D eigenvalue weighted by molar-refractivity contribution is -0.147. The smallest absolute Gasteiger partial charge is 0.329 e. The lowest BCUT2D eigenvalue weighted by atomic mass is 9.94. The van der Waals surface area contributed by atoms with Crippen molar-refractivity contribution in [1.82, 2.24) is 9.62 Å². The first-order valence-corrected chi connectivity index (χ1v) is 10.5. The molecule has 2 unspecified atom stereocenters. The summed E-state index contributed by atoms with van der Waals surface area (Å²) in [5, 5.41) is 11.9. The van der Waals surface area contributed by atoms with Crippen molar-refractivity contribution < 1.29 is 23.1 Å². The second kappa shape index (κ2) is 7.43. The highest BCUT2D eigenvalue weighted by atomic mass is 32.2. The van der Waals surface area contributed by atoms with Gasteiger partial charge < -0.3 is 10.4 Å². The molecule has 2 N–H and O–H groups in total. The minimum Gasteiger partial charge on any atom is -0.480 e. The normalized spacial score (nSPS) is 21.5. The van der Waals surface area contributed by atoms with Gasteiger partial charge in [-0.1, -0.05) is 6.92 Å². The summed E-state index contributed by atoms with van der Waals surface area (Å²) < 4.78 is 27.1. The van der Waals surface area contributed by atoms with E-state index in [1.54, 1.807) is 19.1 Å². The molecular weight excluding hydrogens is 364 g/mol. The van der Waals surface area contributed by atoms with E-state index in [1.807, 2.05) is 6.92 Å². The van der Waals surface area contributed by atoms with Crippen molar-refractivity contribution >= 4 is 33.2 Å². The van der Waals surface area contributed by atoms with Crippen LogP contribution in [0.5, 0.6) is 0 Å². The van der Waals surface area contributed by atoms with Crippen LogP contribution in [-0.2, 0) is 19.6 Å². The molecule has 25 heavy (non-hydrogen) atoms. The summed E-state index contributed by atoms with van der Waals surface area (Å²) in [7, 11) is -3.62. The molecule has 140 valence electrons. The molecule has 0 aromatic carbocycles. The molecule has 1 aliphatic rings. The first kappa shape index (κ1) is 19.9. The number of amides is 1. The molecule has 1 saturated heterocycles. The summed E-state index contributed by atoms with van der Waals surface area (Å²) in [6.07, 6.45) is 1.36. The Morgan fingerprint density at radius 2 is 2.12 bits per heavy atom. The standard InChI is InChI=1S/C16H24N2O5S2/c1-4-16(3,15(20)21)17-14(19)12-6-5-9-18(10-12)25(22,23)13-8-7-11(2)24-13/h7-8,12H,4-6,9-10H2,1-3H3,(H,17,19)(H,20,21). The van der Waals surface area contributed by atoms with E-state index in [2.05, 4.69) is 5.32 Å². The number of sulfonamides is 1. The molecule has 0 radical (unpaired) electrons. The summed E-state index contributed by atoms with van der Waals surface area (Å²) in [6.45, 7) is 5.43. The topological polar surface area (TPSA) is 104 Å². The van der Waals surface area contributed by atoms with Gasteiger partial charge in [0.15, 0.2) is 0 Å². The largest absolute Gasteiger partial charge is 0.480 e. The van der Waals surface area contributed by atoms with Crippen molar-refractivity contribution in [2.45, 2.75) is 49.8 Å². The Morgan fingerprint density at radius 1 is 1.44 bits per heavy atom. The van der Waals surface area contributed by atoms with Gasteiger partial charge >= 0.3 is 5.97 Å². The average Bonchev–Trinajstić information content (AvgIpc) is 3.02. The van der Waals surface area contributed by atoms with Crippen molar-refractivity contribution in [2.75, 3.05) is 13.1 Å². The third kappa shape index (κ3) is 4.21. The van der Waals surface area contributed by atoms with E-state index < -0.39 is 33.4 Å². The fraction of sp³-hybridized carbons (Fsp3) is 0.625. The fourth-order valence-electron chi connectivity index (χ4n) is 2.72. The van der Waals surface area contributed by atoms with Crippen LogP contribution in [0, 0.1) is 12.8 Å². The monoisotopic (exact) mass is 388 g/mol. The second-order valence-corrected chi connectivity index (χ2v) is 10.0. The van der Waals surface area contributed by atoms with Gasteiger partial charge in [-0.3, -0.25) is 4.79 Å². The molecule has 1 amide bonds.